The highest BCUT2D eigenvalue weighted by molar-refractivity contribution is 5.59. The van der Waals surface area contributed by atoms with Crippen molar-refractivity contribution >= 4 is 12.3 Å². The second-order valence-electron chi connectivity index (χ2n) is 5.94. The van der Waals surface area contributed by atoms with Crippen LogP contribution in [-0.4, -0.2) is 36.7 Å². The lowest BCUT2D eigenvalue weighted by Gasteiger charge is -2.18. The summed E-state index contributed by atoms with van der Waals surface area (Å²) in [5.41, 5.74) is -2.32. The number of carbonyl (C=O) groups is 2. The summed E-state index contributed by atoms with van der Waals surface area (Å²) in [6.45, 7) is 10.3. The molecule has 0 aromatic carbocycles. The molecular formula is C16H26O10. The maximum atomic E-state index is 11.1. The summed E-state index contributed by atoms with van der Waals surface area (Å²) in [6, 6.07) is 0. The van der Waals surface area contributed by atoms with Gasteiger partial charge in [0.1, 0.15) is 0 Å². The first-order valence-electron chi connectivity index (χ1n) is 8.04. The smallest absolute Gasteiger partial charge is 0.432 e. The monoisotopic (exact) mass is 378 g/mol. The summed E-state index contributed by atoms with van der Waals surface area (Å²) in [4.78, 5) is 40.4. The maximum absolute atomic E-state index is 11.1. The summed E-state index contributed by atoms with van der Waals surface area (Å²) in [7, 11) is 0. The van der Waals surface area contributed by atoms with Gasteiger partial charge in [-0.3, -0.25) is 0 Å². The Labute approximate surface area is 152 Å². The van der Waals surface area contributed by atoms with Gasteiger partial charge in [0.2, 0.25) is 0 Å². The van der Waals surface area contributed by atoms with Crippen LogP contribution in [0.2, 0.25) is 0 Å². The van der Waals surface area contributed by atoms with Crippen LogP contribution < -0.4 is 0 Å². The molecule has 0 atom stereocenters. The number of carbonyl (C=O) groups excluding carboxylic acids is 2. The van der Waals surface area contributed by atoms with Gasteiger partial charge in [0, 0.05) is 0 Å². The Balaban J connectivity index is 4.27. The fraction of sp³-hybridized carbons (Fsp3) is 0.750. The van der Waals surface area contributed by atoms with Crippen LogP contribution in [0.1, 0.15) is 54.4 Å². The lowest BCUT2D eigenvalue weighted by atomic mass is 10.1. The largest absolute Gasteiger partial charge is 0.542 e. The van der Waals surface area contributed by atoms with Gasteiger partial charge in [-0.25, -0.2) is 19.4 Å². The summed E-state index contributed by atoms with van der Waals surface area (Å²) in [5, 5.41) is 8.68. The van der Waals surface area contributed by atoms with Crippen molar-refractivity contribution in [3.63, 3.8) is 0 Å². The van der Waals surface area contributed by atoms with Gasteiger partial charge in [-0.1, -0.05) is 25.7 Å². The molecule has 0 saturated carbocycles. The predicted octanol–water partition coefficient (Wildman–Crippen LogP) is 3.40. The third kappa shape index (κ3) is 13.3. The molecule has 0 aromatic heterocycles. The van der Waals surface area contributed by atoms with E-state index in [0.717, 1.165) is 0 Å². The van der Waals surface area contributed by atoms with Gasteiger partial charge in [-0.15, -0.1) is 0 Å². The normalized spacial score (nSPS) is 11.2. The lowest BCUT2D eigenvalue weighted by molar-refractivity contribution is -0.510. The van der Waals surface area contributed by atoms with Crippen molar-refractivity contribution < 1.29 is 48.7 Å². The SMILES string of the molecule is CCCOC(=O)OOOC(C)(C)C#CC(C)(C)OOOC(=O)OCCC. The van der Waals surface area contributed by atoms with Crippen LogP contribution in [0.3, 0.4) is 0 Å². The molecule has 0 bridgehead atoms. The Bertz CT molecular complexity index is 447. The fourth-order valence-corrected chi connectivity index (χ4v) is 1.02. The molecule has 0 rings (SSSR count). The Kier molecular flexibility index (Phi) is 11.3. The van der Waals surface area contributed by atoms with Crippen molar-refractivity contribution in [2.45, 2.75) is 65.6 Å². The van der Waals surface area contributed by atoms with E-state index in [1.165, 1.54) is 0 Å². The first-order valence-corrected chi connectivity index (χ1v) is 8.04. The third-order valence-electron chi connectivity index (χ3n) is 2.20. The number of rotatable bonds is 10. The molecule has 0 N–H and O–H groups in total. The Morgan fingerprint density at radius 2 is 1.08 bits per heavy atom. The van der Waals surface area contributed by atoms with Gasteiger partial charge < -0.3 is 9.47 Å². The van der Waals surface area contributed by atoms with E-state index in [9.17, 15) is 9.59 Å². The molecular weight excluding hydrogens is 352 g/mol. The Morgan fingerprint density at radius 3 is 1.38 bits per heavy atom. The molecule has 10 heteroatoms. The van der Waals surface area contributed by atoms with E-state index in [1.807, 2.05) is 13.8 Å². The molecule has 0 fully saturated rings. The highest BCUT2D eigenvalue weighted by Gasteiger charge is 2.23. The average Bonchev–Trinajstić information content (AvgIpc) is 2.56. The van der Waals surface area contributed by atoms with Gasteiger partial charge in [-0.05, 0) is 50.6 Å². The van der Waals surface area contributed by atoms with Gasteiger partial charge in [0.15, 0.2) is 11.2 Å². The molecule has 0 unspecified atom stereocenters. The van der Waals surface area contributed by atoms with E-state index in [2.05, 4.69) is 41.2 Å². The van der Waals surface area contributed by atoms with Crippen LogP contribution in [-0.2, 0) is 39.1 Å². The first kappa shape index (κ1) is 23.9. The van der Waals surface area contributed by atoms with Crippen molar-refractivity contribution in [3.05, 3.63) is 0 Å². The van der Waals surface area contributed by atoms with E-state index < -0.39 is 23.5 Å². The van der Waals surface area contributed by atoms with Gasteiger partial charge in [0.25, 0.3) is 0 Å². The van der Waals surface area contributed by atoms with E-state index in [1.54, 1.807) is 27.7 Å². The minimum absolute atomic E-state index is 0.199. The summed E-state index contributed by atoms with van der Waals surface area (Å²) in [6.07, 6.45) is -0.770. The van der Waals surface area contributed by atoms with Gasteiger partial charge in [0.05, 0.1) is 13.2 Å². The molecule has 0 saturated heterocycles. The second-order valence-corrected chi connectivity index (χ2v) is 5.94. The molecule has 0 aliphatic heterocycles. The van der Waals surface area contributed by atoms with Crippen LogP contribution in [0, 0.1) is 11.8 Å². The minimum atomic E-state index is -1.16. The van der Waals surface area contributed by atoms with Crippen molar-refractivity contribution in [1.82, 2.24) is 0 Å². The van der Waals surface area contributed by atoms with E-state index >= 15 is 0 Å². The van der Waals surface area contributed by atoms with Crippen molar-refractivity contribution in [1.29, 1.82) is 0 Å². The molecule has 150 valence electrons. The van der Waals surface area contributed by atoms with E-state index in [4.69, 9.17) is 9.78 Å². The van der Waals surface area contributed by atoms with Gasteiger partial charge in [-0.2, -0.15) is 9.78 Å². The summed E-state index contributed by atoms with van der Waals surface area (Å²) in [5.74, 6) is 5.37. The van der Waals surface area contributed by atoms with Crippen LogP contribution in [0.5, 0.6) is 0 Å². The minimum Gasteiger partial charge on any atom is -0.432 e. The molecule has 0 aliphatic rings. The zero-order valence-corrected chi connectivity index (χ0v) is 15.9. The quantitative estimate of drug-likeness (QED) is 0.243. The Morgan fingerprint density at radius 1 is 0.731 bits per heavy atom. The van der Waals surface area contributed by atoms with Crippen LogP contribution >= 0.6 is 0 Å². The van der Waals surface area contributed by atoms with Crippen LogP contribution in [0.25, 0.3) is 0 Å². The molecule has 0 spiro atoms. The molecule has 0 heterocycles. The molecule has 10 nitrogen and oxygen atoms in total. The summed E-state index contributed by atoms with van der Waals surface area (Å²) < 4.78 is 9.24. The van der Waals surface area contributed by atoms with Crippen molar-refractivity contribution in [2.24, 2.45) is 0 Å². The molecule has 0 radical (unpaired) electrons. The van der Waals surface area contributed by atoms with Gasteiger partial charge >= 0.3 is 12.3 Å². The molecule has 0 aromatic rings. The highest BCUT2D eigenvalue weighted by Crippen LogP contribution is 2.13. The topological polar surface area (TPSA) is 108 Å². The predicted molar refractivity (Wildman–Crippen MR) is 85.7 cm³/mol. The lowest BCUT2D eigenvalue weighted by Crippen LogP contribution is -2.27. The molecule has 0 aliphatic carbocycles. The third-order valence-corrected chi connectivity index (χ3v) is 2.20. The fourth-order valence-electron chi connectivity index (χ4n) is 1.02. The second kappa shape index (κ2) is 12.3. The van der Waals surface area contributed by atoms with E-state index in [0.29, 0.717) is 12.8 Å². The number of ether oxygens (including phenoxy) is 2. The van der Waals surface area contributed by atoms with Crippen LogP contribution in [0.4, 0.5) is 9.59 Å². The Hall–Kier alpha value is -2.06. The standard InChI is InChI=1S/C16H26O10/c1-7-11-19-13(17)21-25-23-15(3,4)9-10-16(5,6)24-26-22-14(18)20-12-8-2/h7-8,11-12H2,1-6H3. The highest BCUT2D eigenvalue weighted by atomic mass is 17.5. The molecule has 0 amide bonds. The first-order chi connectivity index (χ1) is 12.1. The van der Waals surface area contributed by atoms with E-state index in [-0.39, 0.29) is 13.2 Å². The average molecular weight is 378 g/mol. The van der Waals surface area contributed by atoms with Crippen molar-refractivity contribution in [2.75, 3.05) is 13.2 Å². The zero-order chi connectivity index (χ0) is 20.1. The number of hydrogen-bond donors (Lipinski definition) is 0. The maximum Gasteiger partial charge on any atom is 0.542 e. The van der Waals surface area contributed by atoms with Crippen molar-refractivity contribution in [3.8, 4) is 11.8 Å². The summed E-state index contributed by atoms with van der Waals surface area (Å²) >= 11 is 0. The van der Waals surface area contributed by atoms with Crippen LogP contribution in [0.15, 0.2) is 0 Å². The zero-order valence-electron chi connectivity index (χ0n) is 15.9. The number of hydrogen-bond acceptors (Lipinski definition) is 10. The molecule has 26 heavy (non-hydrogen) atoms.